The van der Waals surface area contributed by atoms with Crippen molar-refractivity contribution in [1.29, 1.82) is 0 Å². The molecular weight excluding hydrogens is 448 g/mol. The number of rotatable bonds is 3. The number of imide groups is 1. The lowest BCUT2D eigenvalue weighted by Crippen LogP contribution is -2.42. The van der Waals surface area contributed by atoms with Gasteiger partial charge in [0.2, 0.25) is 5.91 Å². The molecule has 6 rings (SSSR count). The van der Waals surface area contributed by atoms with E-state index in [1.165, 1.54) is 0 Å². The standard InChI is InChI=1S/C26H22N4O5/c1-29(2)26(33)17-13-14-5-3-7-16-21(27-9-10-30(17)22(14)16)20-19(24(31)28-25(20)32)15-6-4-8-18-23(15)35-12-11-34-18/h3-10,17H,11-13H2,1-2H3,(H,28,31,32). The first-order valence-electron chi connectivity index (χ1n) is 11.3. The largest absolute Gasteiger partial charge is 0.486 e. The topological polar surface area (TPSA) is 101 Å². The van der Waals surface area contributed by atoms with Crippen LogP contribution in [0.3, 0.4) is 0 Å². The minimum Gasteiger partial charge on any atom is -0.486 e. The predicted molar refractivity (Wildman–Crippen MR) is 128 cm³/mol. The van der Waals surface area contributed by atoms with Crippen LogP contribution in [0.15, 0.2) is 59.4 Å². The summed E-state index contributed by atoms with van der Waals surface area (Å²) in [5.74, 6) is -0.128. The van der Waals surface area contributed by atoms with Crippen molar-refractivity contribution < 1.29 is 23.9 Å². The van der Waals surface area contributed by atoms with Crippen LogP contribution < -0.4 is 19.7 Å². The molecule has 0 bridgehead atoms. The number of anilines is 1. The van der Waals surface area contributed by atoms with E-state index in [0.717, 1.165) is 11.3 Å². The first-order chi connectivity index (χ1) is 17.0. The van der Waals surface area contributed by atoms with E-state index in [-0.39, 0.29) is 17.1 Å². The number of fused-ring (bicyclic) bond motifs is 1. The van der Waals surface area contributed by atoms with Gasteiger partial charge in [0.15, 0.2) is 11.5 Å². The van der Waals surface area contributed by atoms with Gasteiger partial charge in [-0.15, -0.1) is 0 Å². The van der Waals surface area contributed by atoms with Crippen LogP contribution >= 0.6 is 0 Å². The predicted octanol–water partition coefficient (Wildman–Crippen LogP) is 1.66. The Morgan fingerprint density at radius 3 is 2.60 bits per heavy atom. The molecule has 0 aromatic heterocycles. The fraction of sp³-hybridized carbons (Fsp3) is 0.231. The van der Waals surface area contributed by atoms with Crippen LogP contribution in [0.5, 0.6) is 11.5 Å². The molecule has 1 atom stereocenters. The number of nitrogens with one attached hydrogen (secondary N) is 1. The minimum atomic E-state index is -0.531. The third kappa shape index (κ3) is 3.15. The van der Waals surface area contributed by atoms with Crippen molar-refractivity contribution in [2.75, 3.05) is 32.2 Å². The van der Waals surface area contributed by atoms with E-state index in [0.29, 0.717) is 48.0 Å². The maximum absolute atomic E-state index is 13.2. The Morgan fingerprint density at radius 1 is 1.03 bits per heavy atom. The normalized spacial score (nSPS) is 19.9. The van der Waals surface area contributed by atoms with Gasteiger partial charge in [-0.3, -0.25) is 24.7 Å². The van der Waals surface area contributed by atoms with Crippen LogP contribution in [-0.4, -0.2) is 61.7 Å². The van der Waals surface area contributed by atoms with E-state index in [9.17, 15) is 14.4 Å². The van der Waals surface area contributed by atoms with Crippen molar-refractivity contribution in [2.24, 2.45) is 4.99 Å². The Balaban J connectivity index is 1.54. The summed E-state index contributed by atoms with van der Waals surface area (Å²) in [6.45, 7) is 0.748. The van der Waals surface area contributed by atoms with E-state index in [1.54, 1.807) is 49.6 Å². The zero-order valence-corrected chi connectivity index (χ0v) is 19.2. The van der Waals surface area contributed by atoms with E-state index in [1.807, 2.05) is 23.1 Å². The van der Waals surface area contributed by atoms with Gasteiger partial charge in [-0.2, -0.15) is 0 Å². The second kappa shape index (κ2) is 7.83. The number of carbonyl (C=O) groups is 3. The summed E-state index contributed by atoms with van der Waals surface area (Å²) < 4.78 is 11.5. The number of amides is 3. The molecule has 9 heteroatoms. The Hall–Kier alpha value is -4.40. The Kier molecular flexibility index (Phi) is 4.73. The Morgan fingerprint density at radius 2 is 1.77 bits per heavy atom. The number of aliphatic imine (C=N–C) groups is 1. The summed E-state index contributed by atoms with van der Waals surface area (Å²) in [5, 5.41) is 2.43. The molecule has 35 heavy (non-hydrogen) atoms. The monoisotopic (exact) mass is 470 g/mol. The lowest BCUT2D eigenvalue weighted by molar-refractivity contribution is -0.130. The molecule has 9 nitrogen and oxygen atoms in total. The van der Waals surface area contributed by atoms with E-state index in [2.05, 4.69) is 10.3 Å². The molecule has 2 aromatic carbocycles. The molecule has 4 heterocycles. The molecule has 1 unspecified atom stereocenters. The van der Waals surface area contributed by atoms with Crippen molar-refractivity contribution in [3.8, 4) is 11.5 Å². The first-order valence-corrected chi connectivity index (χ1v) is 11.3. The van der Waals surface area contributed by atoms with Gasteiger partial charge >= 0.3 is 0 Å². The number of likely N-dealkylation sites (N-methyl/N-ethyl adjacent to an activating group) is 1. The van der Waals surface area contributed by atoms with Gasteiger partial charge in [0.1, 0.15) is 19.3 Å². The molecule has 176 valence electrons. The first kappa shape index (κ1) is 21.2. The molecule has 0 radical (unpaired) electrons. The Bertz CT molecular complexity index is 1400. The lowest BCUT2D eigenvalue weighted by atomic mass is 9.92. The van der Waals surface area contributed by atoms with Crippen molar-refractivity contribution in [2.45, 2.75) is 12.5 Å². The number of para-hydroxylation sites is 2. The van der Waals surface area contributed by atoms with Crippen molar-refractivity contribution in [3.63, 3.8) is 0 Å². The minimum absolute atomic E-state index is 0.0259. The third-order valence-corrected chi connectivity index (χ3v) is 6.54. The van der Waals surface area contributed by atoms with Crippen LogP contribution in [0.4, 0.5) is 5.69 Å². The molecule has 0 spiro atoms. The second-order valence-electron chi connectivity index (χ2n) is 8.81. The third-order valence-electron chi connectivity index (χ3n) is 6.54. The van der Waals surface area contributed by atoms with Gasteiger partial charge < -0.3 is 19.3 Å². The molecule has 4 aliphatic rings. The molecular formula is C26H22N4O5. The summed E-state index contributed by atoms with van der Waals surface area (Å²) in [5.41, 5.74) is 3.67. The molecule has 0 fully saturated rings. The Labute approximate surface area is 201 Å². The summed E-state index contributed by atoms with van der Waals surface area (Å²) >= 11 is 0. The van der Waals surface area contributed by atoms with Crippen LogP contribution in [0.25, 0.3) is 5.57 Å². The van der Waals surface area contributed by atoms with E-state index in [4.69, 9.17) is 9.47 Å². The highest BCUT2D eigenvalue weighted by atomic mass is 16.6. The lowest BCUT2D eigenvalue weighted by Gasteiger charge is -2.26. The number of hydrogen-bond acceptors (Lipinski definition) is 7. The van der Waals surface area contributed by atoms with Crippen molar-refractivity contribution >= 4 is 34.7 Å². The molecule has 0 saturated heterocycles. The molecule has 0 aliphatic carbocycles. The van der Waals surface area contributed by atoms with Crippen molar-refractivity contribution in [3.05, 3.63) is 71.1 Å². The number of benzene rings is 2. The number of carbonyl (C=O) groups excluding carboxylic acids is 3. The number of nitrogens with zero attached hydrogens (tertiary/aromatic N) is 3. The van der Waals surface area contributed by atoms with E-state index < -0.39 is 17.9 Å². The maximum Gasteiger partial charge on any atom is 0.261 e. The van der Waals surface area contributed by atoms with Crippen molar-refractivity contribution in [1.82, 2.24) is 10.2 Å². The summed E-state index contributed by atoms with van der Waals surface area (Å²) in [4.78, 5) is 47.2. The van der Waals surface area contributed by atoms with Crippen LogP contribution in [-0.2, 0) is 20.8 Å². The zero-order chi connectivity index (χ0) is 24.3. The highest BCUT2D eigenvalue weighted by Crippen LogP contribution is 2.43. The van der Waals surface area contributed by atoms with Crippen LogP contribution in [0.2, 0.25) is 0 Å². The number of hydrogen-bond donors (Lipinski definition) is 1. The maximum atomic E-state index is 13.2. The summed E-state index contributed by atoms with van der Waals surface area (Å²) in [6, 6.07) is 10.6. The van der Waals surface area contributed by atoms with Gasteiger partial charge in [0, 0.05) is 44.0 Å². The average Bonchev–Trinajstić information content (AvgIpc) is 3.29. The molecule has 1 N–H and O–H groups in total. The molecule has 2 aromatic rings. The average molecular weight is 470 g/mol. The van der Waals surface area contributed by atoms with Crippen LogP contribution in [0, 0.1) is 0 Å². The molecule has 0 saturated carbocycles. The SMILES string of the molecule is CN(C)C(=O)C1Cc2cccc3c2N1C=CN=C3C1=C(c2cccc3c2OCCO3)C(=O)NC1=O. The van der Waals surface area contributed by atoms with Gasteiger partial charge in [0.25, 0.3) is 11.8 Å². The number of ether oxygens (including phenoxy) is 2. The van der Waals surface area contributed by atoms with Gasteiger partial charge in [-0.05, 0) is 11.6 Å². The van der Waals surface area contributed by atoms with E-state index >= 15 is 0 Å². The zero-order valence-electron chi connectivity index (χ0n) is 19.2. The van der Waals surface area contributed by atoms with Gasteiger partial charge in [0.05, 0.1) is 22.5 Å². The van der Waals surface area contributed by atoms with Gasteiger partial charge in [-0.1, -0.05) is 30.3 Å². The second-order valence-corrected chi connectivity index (χ2v) is 8.81. The fourth-order valence-electron chi connectivity index (χ4n) is 5.05. The van der Waals surface area contributed by atoms with Crippen LogP contribution in [0.1, 0.15) is 16.7 Å². The summed E-state index contributed by atoms with van der Waals surface area (Å²) in [7, 11) is 3.46. The fourth-order valence-corrected chi connectivity index (χ4v) is 5.05. The highest BCUT2D eigenvalue weighted by molar-refractivity contribution is 6.48. The summed E-state index contributed by atoms with van der Waals surface area (Å²) in [6.07, 6.45) is 3.86. The molecule has 3 amide bonds. The molecule has 4 aliphatic heterocycles. The smallest absolute Gasteiger partial charge is 0.261 e. The highest BCUT2D eigenvalue weighted by Gasteiger charge is 2.41. The quantitative estimate of drug-likeness (QED) is 0.685. The van der Waals surface area contributed by atoms with Gasteiger partial charge in [-0.25, -0.2) is 0 Å².